The lowest BCUT2D eigenvalue weighted by molar-refractivity contribution is -0.197. The largest absolute Gasteiger partial charge is 0.391 e. The molecule has 174 valence electrons. The molecule has 33 heavy (non-hydrogen) atoms. The van der Waals surface area contributed by atoms with E-state index in [1.165, 1.54) is 0 Å². The molecule has 0 radical (unpaired) electrons. The van der Waals surface area contributed by atoms with Gasteiger partial charge in [0.25, 0.3) is 0 Å². The molecule has 1 saturated carbocycles. The van der Waals surface area contributed by atoms with Gasteiger partial charge in [0, 0.05) is 24.4 Å². The van der Waals surface area contributed by atoms with Crippen molar-refractivity contribution in [2.75, 3.05) is 24.6 Å². The molecule has 1 saturated heterocycles. The molecular weight excluding hydrogens is 433 g/mol. The van der Waals surface area contributed by atoms with Crippen LogP contribution in [0.15, 0.2) is 18.3 Å². The first-order valence-electron chi connectivity index (χ1n) is 11.1. The summed E-state index contributed by atoms with van der Waals surface area (Å²) in [7, 11) is 0. The summed E-state index contributed by atoms with van der Waals surface area (Å²) in [6.07, 6.45) is -2.56. The maximum atomic E-state index is 13.1. The molecule has 3 aromatic heterocycles. The first kappa shape index (κ1) is 21.9. The fraction of sp³-hybridized carbons (Fsp3) is 0.522. The van der Waals surface area contributed by atoms with Crippen LogP contribution >= 0.6 is 0 Å². The van der Waals surface area contributed by atoms with Crippen LogP contribution in [0.2, 0.25) is 0 Å². The Morgan fingerprint density at radius 1 is 1.03 bits per heavy atom. The van der Waals surface area contributed by atoms with Crippen molar-refractivity contribution in [3.63, 3.8) is 0 Å². The lowest BCUT2D eigenvalue weighted by Gasteiger charge is -2.37. The van der Waals surface area contributed by atoms with Crippen molar-refractivity contribution in [3.05, 3.63) is 46.7 Å². The summed E-state index contributed by atoms with van der Waals surface area (Å²) >= 11 is 0. The number of anilines is 1. The quantitative estimate of drug-likeness (QED) is 0.577. The van der Waals surface area contributed by atoms with Crippen LogP contribution in [0.3, 0.4) is 0 Å². The number of hydrogen-bond acceptors (Lipinski definition) is 7. The zero-order valence-electron chi connectivity index (χ0n) is 18.7. The standard InChI is InChI=1S/C23H25F3N6O/c1-12-8-15(4-5-27-12)18-11-32(6-7-33-18)22-30-19(16-9-17(10-16)23(24,25)26)20-21(31-22)29-14(3)13(2)28-20/h4-5,8,16-18H,6-7,9-11H2,1-3H3/t16?,17?,18-/m0/s1. The maximum Gasteiger partial charge on any atom is 0.391 e. The van der Waals surface area contributed by atoms with Gasteiger partial charge < -0.3 is 9.64 Å². The van der Waals surface area contributed by atoms with Gasteiger partial charge in [0.2, 0.25) is 5.95 Å². The second-order valence-electron chi connectivity index (χ2n) is 8.92. The number of fused-ring (bicyclic) bond motifs is 1. The number of aromatic nitrogens is 5. The number of nitrogens with zero attached hydrogens (tertiary/aromatic N) is 6. The lowest BCUT2D eigenvalue weighted by Crippen LogP contribution is -2.40. The highest BCUT2D eigenvalue weighted by Crippen LogP contribution is 2.50. The van der Waals surface area contributed by atoms with Crippen LogP contribution in [0, 0.1) is 26.7 Å². The van der Waals surface area contributed by atoms with E-state index in [9.17, 15) is 13.2 Å². The van der Waals surface area contributed by atoms with Crippen molar-refractivity contribution in [1.29, 1.82) is 0 Å². The van der Waals surface area contributed by atoms with Crippen molar-refractivity contribution in [1.82, 2.24) is 24.9 Å². The van der Waals surface area contributed by atoms with Gasteiger partial charge in [0.1, 0.15) is 11.6 Å². The van der Waals surface area contributed by atoms with Gasteiger partial charge in [-0.25, -0.2) is 15.0 Å². The normalized spacial score (nSPS) is 23.6. The highest BCUT2D eigenvalue weighted by molar-refractivity contribution is 5.75. The van der Waals surface area contributed by atoms with E-state index in [-0.39, 0.29) is 24.9 Å². The molecule has 2 fully saturated rings. The summed E-state index contributed by atoms with van der Waals surface area (Å²) in [5.74, 6) is -1.14. The Morgan fingerprint density at radius 2 is 1.79 bits per heavy atom. The van der Waals surface area contributed by atoms with Gasteiger partial charge in [-0.1, -0.05) is 0 Å². The van der Waals surface area contributed by atoms with Crippen molar-refractivity contribution in [2.45, 2.75) is 51.8 Å². The molecule has 0 bridgehead atoms. The van der Waals surface area contributed by atoms with E-state index < -0.39 is 12.1 Å². The van der Waals surface area contributed by atoms with E-state index >= 15 is 0 Å². The SMILES string of the molecule is Cc1cc([C@@H]2CN(c3nc(C4CC(C(F)(F)F)C4)c4nc(C)c(C)nc4n3)CCO2)ccn1. The van der Waals surface area contributed by atoms with Gasteiger partial charge in [0.05, 0.1) is 36.2 Å². The molecule has 2 aliphatic rings. The van der Waals surface area contributed by atoms with E-state index in [1.54, 1.807) is 6.20 Å². The van der Waals surface area contributed by atoms with E-state index in [2.05, 4.69) is 19.9 Å². The molecule has 1 aliphatic heterocycles. The van der Waals surface area contributed by atoms with Gasteiger partial charge in [-0.05, 0) is 51.3 Å². The Morgan fingerprint density at radius 3 is 2.52 bits per heavy atom. The van der Waals surface area contributed by atoms with Gasteiger partial charge in [0.15, 0.2) is 5.65 Å². The Bertz CT molecular complexity index is 1190. The minimum absolute atomic E-state index is 0.0195. The van der Waals surface area contributed by atoms with Crippen LogP contribution in [0.4, 0.5) is 19.1 Å². The Balaban J connectivity index is 1.50. The minimum Gasteiger partial charge on any atom is -0.370 e. The molecule has 0 amide bonds. The third-order valence-corrected chi connectivity index (χ3v) is 6.59. The third kappa shape index (κ3) is 4.23. The molecule has 0 N–H and O–H groups in total. The van der Waals surface area contributed by atoms with Crippen LogP contribution in [0.5, 0.6) is 0 Å². The summed E-state index contributed by atoms with van der Waals surface area (Å²) in [4.78, 5) is 24.9. The molecular formula is C23H25F3N6O. The highest BCUT2D eigenvalue weighted by Gasteiger charge is 2.49. The number of pyridine rings is 1. The topological polar surface area (TPSA) is 76.9 Å². The minimum atomic E-state index is -4.18. The molecule has 0 spiro atoms. The number of aryl methyl sites for hydroxylation is 3. The molecule has 7 nitrogen and oxygen atoms in total. The number of morpholine rings is 1. The van der Waals surface area contributed by atoms with Gasteiger partial charge in [-0.2, -0.15) is 18.2 Å². The fourth-order valence-electron chi connectivity index (χ4n) is 4.46. The number of hydrogen-bond donors (Lipinski definition) is 0. The molecule has 1 atom stereocenters. The average molecular weight is 458 g/mol. The smallest absolute Gasteiger partial charge is 0.370 e. The number of halogens is 3. The average Bonchev–Trinajstić information content (AvgIpc) is 2.73. The van der Waals surface area contributed by atoms with Crippen LogP contribution in [0.25, 0.3) is 11.2 Å². The number of ether oxygens (including phenoxy) is 1. The Labute approximate surface area is 189 Å². The van der Waals surface area contributed by atoms with E-state index in [4.69, 9.17) is 9.72 Å². The van der Waals surface area contributed by atoms with Gasteiger partial charge in [-0.15, -0.1) is 0 Å². The first-order valence-corrected chi connectivity index (χ1v) is 11.1. The molecule has 1 aliphatic carbocycles. The first-order chi connectivity index (χ1) is 15.7. The molecule has 4 heterocycles. The van der Waals surface area contributed by atoms with Crippen LogP contribution in [-0.4, -0.2) is 50.8 Å². The third-order valence-electron chi connectivity index (χ3n) is 6.59. The summed E-state index contributed by atoms with van der Waals surface area (Å²) in [6.45, 7) is 7.21. The number of rotatable bonds is 3. The highest BCUT2D eigenvalue weighted by atomic mass is 19.4. The van der Waals surface area contributed by atoms with Crippen molar-refractivity contribution >= 4 is 17.1 Å². The summed E-state index contributed by atoms with van der Waals surface area (Å²) in [5, 5.41) is 0. The summed E-state index contributed by atoms with van der Waals surface area (Å²) < 4.78 is 45.4. The molecule has 5 rings (SSSR count). The van der Waals surface area contributed by atoms with Crippen LogP contribution in [0.1, 0.15) is 53.2 Å². The van der Waals surface area contributed by atoms with E-state index in [0.717, 1.165) is 22.6 Å². The molecule has 0 aromatic carbocycles. The van der Waals surface area contributed by atoms with Crippen molar-refractivity contribution in [3.8, 4) is 0 Å². The zero-order valence-corrected chi connectivity index (χ0v) is 18.7. The molecule has 10 heteroatoms. The predicted molar refractivity (Wildman–Crippen MR) is 116 cm³/mol. The second kappa shape index (κ2) is 8.16. The second-order valence-corrected chi connectivity index (χ2v) is 8.92. The summed E-state index contributed by atoms with van der Waals surface area (Å²) in [6, 6.07) is 3.92. The molecule has 3 aromatic rings. The lowest BCUT2D eigenvalue weighted by atomic mass is 9.72. The van der Waals surface area contributed by atoms with E-state index in [1.807, 2.05) is 37.8 Å². The zero-order chi connectivity index (χ0) is 23.3. The molecule has 0 unspecified atom stereocenters. The summed E-state index contributed by atoms with van der Waals surface area (Å²) in [5.41, 5.74) is 4.89. The van der Waals surface area contributed by atoms with Crippen LogP contribution in [-0.2, 0) is 4.74 Å². The van der Waals surface area contributed by atoms with E-state index in [0.29, 0.717) is 42.5 Å². The fourth-order valence-corrected chi connectivity index (χ4v) is 4.46. The van der Waals surface area contributed by atoms with Crippen LogP contribution < -0.4 is 4.90 Å². The predicted octanol–water partition coefficient (Wildman–Crippen LogP) is 4.37. The van der Waals surface area contributed by atoms with Crippen molar-refractivity contribution < 1.29 is 17.9 Å². The van der Waals surface area contributed by atoms with Crippen molar-refractivity contribution in [2.24, 2.45) is 5.92 Å². The Kier molecular flexibility index (Phi) is 5.43. The van der Waals surface area contributed by atoms with Gasteiger partial charge >= 0.3 is 6.18 Å². The maximum absolute atomic E-state index is 13.1. The Hall–Kier alpha value is -2.88. The monoisotopic (exact) mass is 458 g/mol. The van der Waals surface area contributed by atoms with Gasteiger partial charge in [-0.3, -0.25) is 4.98 Å². The number of alkyl halides is 3.